The maximum Gasteiger partial charge on any atom is 0.333 e. The molecule has 2 aromatic rings. The Hall–Kier alpha value is -2.81. The Labute approximate surface area is 141 Å². The fourth-order valence-electron chi connectivity index (χ4n) is 1.93. The van der Waals surface area contributed by atoms with Crippen molar-refractivity contribution in [3.63, 3.8) is 0 Å². The van der Waals surface area contributed by atoms with Crippen LogP contribution < -0.4 is 20.7 Å². The Morgan fingerprint density at radius 2 is 1.67 bits per heavy atom. The molecule has 0 unspecified atom stereocenters. The van der Waals surface area contributed by atoms with Crippen LogP contribution in [0.5, 0.6) is 17.4 Å². The monoisotopic (exact) mass is 354 g/mol. The smallest absolute Gasteiger partial charge is 0.333 e. The minimum atomic E-state index is -0.780. The molecule has 1 heterocycles. The number of rotatable bonds is 4. The number of aromatic nitrogens is 2. The summed E-state index contributed by atoms with van der Waals surface area (Å²) in [6, 6.07) is 2.95. The normalized spacial score (nSPS) is 11.0. The van der Waals surface area contributed by atoms with Gasteiger partial charge in [0.2, 0.25) is 11.6 Å². The molecule has 0 saturated heterocycles. The minimum absolute atomic E-state index is 0.221. The average molecular weight is 355 g/mol. The molecule has 2 rings (SSSR count). The molecule has 0 bridgehead atoms. The Bertz CT molecular complexity index is 932. The largest absolute Gasteiger partial charge is 0.495 e. The third-order valence-electron chi connectivity index (χ3n) is 3.32. The van der Waals surface area contributed by atoms with Gasteiger partial charge >= 0.3 is 5.69 Å². The summed E-state index contributed by atoms with van der Waals surface area (Å²) in [7, 11) is 5.45. The number of azo groups is 1. The highest BCUT2D eigenvalue weighted by atomic mass is 35.5. The van der Waals surface area contributed by atoms with Crippen molar-refractivity contribution in [2.75, 3.05) is 14.2 Å². The van der Waals surface area contributed by atoms with Crippen molar-refractivity contribution >= 4 is 23.0 Å². The fourth-order valence-corrected chi connectivity index (χ4v) is 2.16. The van der Waals surface area contributed by atoms with Crippen LogP contribution in [0, 0.1) is 0 Å². The van der Waals surface area contributed by atoms with E-state index >= 15 is 0 Å². The lowest BCUT2D eigenvalue weighted by molar-refractivity contribution is 0.395. The van der Waals surface area contributed by atoms with Crippen LogP contribution in [0.25, 0.3) is 0 Å². The van der Waals surface area contributed by atoms with E-state index in [0.717, 1.165) is 9.13 Å². The first-order chi connectivity index (χ1) is 11.3. The highest BCUT2D eigenvalue weighted by Gasteiger charge is 2.15. The Kier molecular flexibility index (Phi) is 4.93. The summed E-state index contributed by atoms with van der Waals surface area (Å²) in [5.41, 5.74) is -1.62. The quantitative estimate of drug-likeness (QED) is 0.843. The predicted molar refractivity (Wildman–Crippen MR) is 87.3 cm³/mol. The fraction of sp³-hybridized carbons (Fsp3) is 0.286. The van der Waals surface area contributed by atoms with Gasteiger partial charge in [-0.2, -0.15) is 0 Å². The molecule has 1 N–H and O–H groups in total. The first kappa shape index (κ1) is 17.5. The molecule has 24 heavy (non-hydrogen) atoms. The zero-order chi connectivity index (χ0) is 18.0. The van der Waals surface area contributed by atoms with Gasteiger partial charge in [-0.05, 0) is 6.07 Å². The predicted octanol–water partition coefficient (Wildman–Crippen LogP) is 1.88. The standard InChI is InChI=1S/C14H15ClN4O5/c1-18-12(20)11(13(21)19(2)14(18)22)17-16-8-5-7(15)9(23-3)6-10(8)24-4/h5-6,20H,1-4H3. The number of benzene rings is 1. The zero-order valence-corrected chi connectivity index (χ0v) is 14.2. The third kappa shape index (κ3) is 2.98. The van der Waals surface area contributed by atoms with Gasteiger partial charge < -0.3 is 14.6 Å². The van der Waals surface area contributed by atoms with Crippen LogP contribution in [0.3, 0.4) is 0 Å². The lowest BCUT2D eigenvalue weighted by atomic mass is 10.3. The van der Waals surface area contributed by atoms with Crippen LogP contribution in [-0.2, 0) is 14.1 Å². The number of methoxy groups -OCH3 is 2. The maximum absolute atomic E-state index is 12.1. The van der Waals surface area contributed by atoms with E-state index in [-0.39, 0.29) is 16.4 Å². The van der Waals surface area contributed by atoms with E-state index < -0.39 is 17.1 Å². The van der Waals surface area contributed by atoms with Gasteiger partial charge in [0.05, 0.1) is 19.2 Å². The molecule has 0 spiro atoms. The highest BCUT2D eigenvalue weighted by molar-refractivity contribution is 6.32. The summed E-state index contributed by atoms with van der Waals surface area (Å²) in [6.07, 6.45) is 0. The molecule has 0 aliphatic carbocycles. The molecule has 0 aliphatic rings. The number of halogens is 1. The molecule has 0 atom stereocenters. The zero-order valence-electron chi connectivity index (χ0n) is 13.4. The summed E-state index contributed by atoms with van der Waals surface area (Å²) in [5.74, 6) is 0.0971. The lowest BCUT2D eigenvalue weighted by Crippen LogP contribution is -2.36. The van der Waals surface area contributed by atoms with Gasteiger partial charge in [0.15, 0.2) is 0 Å². The molecule has 128 valence electrons. The molecular weight excluding hydrogens is 340 g/mol. The molecule has 0 saturated carbocycles. The Balaban J connectivity index is 2.60. The molecular formula is C14H15ClN4O5. The second kappa shape index (κ2) is 6.75. The molecule has 0 fully saturated rings. The maximum atomic E-state index is 12.1. The topological polar surface area (TPSA) is 107 Å². The molecule has 10 heteroatoms. The number of nitrogens with zero attached hydrogens (tertiary/aromatic N) is 4. The van der Waals surface area contributed by atoms with Crippen LogP contribution in [0.2, 0.25) is 5.02 Å². The van der Waals surface area contributed by atoms with E-state index in [9.17, 15) is 14.7 Å². The summed E-state index contributed by atoms with van der Waals surface area (Å²) in [5, 5.41) is 17.8. The van der Waals surface area contributed by atoms with Crippen LogP contribution in [0.15, 0.2) is 32.0 Å². The van der Waals surface area contributed by atoms with Gasteiger partial charge in [0.1, 0.15) is 17.2 Å². The highest BCUT2D eigenvalue weighted by Crippen LogP contribution is 2.38. The summed E-state index contributed by atoms with van der Waals surface area (Å²) >= 11 is 6.03. The lowest BCUT2D eigenvalue weighted by Gasteiger charge is -2.09. The second-order valence-corrected chi connectivity index (χ2v) is 5.14. The van der Waals surface area contributed by atoms with E-state index in [1.807, 2.05) is 0 Å². The van der Waals surface area contributed by atoms with Crippen molar-refractivity contribution in [3.05, 3.63) is 38.0 Å². The van der Waals surface area contributed by atoms with Crippen LogP contribution in [-0.4, -0.2) is 28.5 Å². The third-order valence-corrected chi connectivity index (χ3v) is 3.62. The first-order valence-electron chi connectivity index (χ1n) is 6.64. The van der Waals surface area contributed by atoms with E-state index in [0.29, 0.717) is 11.5 Å². The van der Waals surface area contributed by atoms with Crippen molar-refractivity contribution in [1.82, 2.24) is 9.13 Å². The van der Waals surface area contributed by atoms with Crippen molar-refractivity contribution in [2.24, 2.45) is 24.3 Å². The van der Waals surface area contributed by atoms with Crippen molar-refractivity contribution < 1.29 is 14.6 Å². The van der Waals surface area contributed by atoms with Crippen molar-refractivity contribution in [2.45, 2.75) is 0 Å². The van der Waals surface area contributed by atoms with E-state index in [4.69, 9.17) is 21.1 Å². The first-order valence-corrected chi connectivity index (χ1v) is 7.01. The van der Waals surface area contributed by atoms with Crippen molar-refractivity contribution in [1.29, 1.82) is 0 Å². The number of aromatic hydroxyl groups is 1. The number of hydrogen-bond donors (Lipinski definition) is 1. The summed E-state index contributed by atoms with van der Waals surface area (Å²) in [6.45, 7) is 0. The van der Waals surface area contributed by atoms with Crippen LogP contribution in [0.4, 0.5) is 11.4 Å². The molecule has 9 nitrogen and oxygen atoms in total. The second-order valence-electron chi connectivity index (χ2n) is 4.74. The average Bonchev–Trinajstić information content (AvgIpc) is 2.58. The summed E-state index contributed by atoms with van der Waals surface area (Å²) in [4.78, 5) is 23.8. The van der Waals surface area contributed by atoms with Gasteiger partial charge in [0.25, 0.3) is 5.56 Å². The van der Waals surface area contributed by atoms with E-state index in [1.54, 1.807) is 0 Å². The van der Waals surface area contributed by atoms with Gasteiger partial charge in [-0.1, -0.05) is 11.6 Å². The van der Waals surface area contributed by atoms with Crippen molar-refractivity contribution in [3.8, 4) is 17.4 Å². The minimum Gasteiger partial charge on any atom is -0.495 e. The Morgan fingerprint density at radius 3 is 2.25 bits per heavy atom. The van der Waals surface area contributed by atoms with Gasteiger partial charge in [-0.3, -0.25) is 13.9 Å². The molecule has 0 amide bonds. The van der Waals surface area contributed by atoms with Crippen LogP contribution in [0.1, 0.15) is 0 Å². The van der Waals surface area contributed by atoms with Gasteiger partial charge in [-0.25, -0.2) is 4.79 Å². The van der Waals surface area contributed by atoms with Gasteiger partial charge in [0, 0.05) is 20.2 Å². The SMILES string of the molecule is COc1cc(OC)c(N=Nc2c(O)n(C)c(=O)n(C)c2=O)cc1Cl. The number of hydrogen-bond acceptors (Lipinski definition) is 7. The number of ether oxygens (including phenoxy) is 2. The molecule has 0 aliphatic heterocycles. The van der Waals surface area contributed by atoms with E-state index in [1.165, 1.54) is 40.4 Å². The van der Waals surface area contributed by atoms with E-state index in [2.05, 4.69) is 10.2 Å². The molecule has 0 radical (unpaired) electrons. The molecule has 1 aromatic carbocycles. The van der Waals surface area contributed by atoms with Crippen LogP contribution >= 0.6 is 11.6 Å². The summed E-state index contributed by atoms with van der Waals surface area (Å²) < 4.78 is 11.9. The molecule has 1 aromatic heterocycles. The Morgan fingerprint density at radius 1 is 1.04 bits per heavy atom. The van der Waals surface area contributed by atoms with Gasteiger partial charge in [-0.15, -0.1) is 10.2 Å².